The van der Waals surface area contributed by atoms with Gasteiger partial charge in [0.15, 0.2) is 0 Å². The summed E-state index contributed by atoms with van der Waals surface area (Å²) in [6.07, 6.45) is 10.1. The largest absolute Gasteiger partial charge is 0.378 e. The molecule has 2 aliphatic carbocycles. The van der Waals surface area contributed by atoms with Crippen molar-refractivity contribution in [3.8, 4) is 0 Å². The normalized spacial score (nSPS) is 34.3. The van der Waals surface area contributed by atoms with Gasteiger partial charge in [-0.1, -0.05) is 0 Å². The van der Waals surface area contributed by atoms with Crippen LogP contribution in [0.3, 0.4) is 0 Å². The second-order valence-electron chi connectivity index (χ2n) is 6.65. The van der Waals surface area contributed by atoms with E-state index in [9.17, 15) is 0 Å². The van der Waals surface area contributed by atoms with Gasteiger partial charge in [-0.3, -0.25) is 9.58 Å². The van der Waals surface area contributed by atoms with Crippen LogP contribution >= 0.6 is 0 Å². The number of hydrogen-bond donors (Lipinski definition) is 0. The summed E-state index contributed by atoms with van der Waals surface area (Å²) in [7, 11) is 1.99. The molecule has 3 fully saturated rings. The molecule has 104 valence electrons. The van der Waals surface area contributed by atoms with Crippen LogP contribution in [0, 0.1) is 11.8 Å². The Kier molecular flexibility index (Phi) is 2.88. The third kappa shape index (κ3) is 2.43. The summed E-state index contributed by atoms with van der Waals surface area (Å²) in [5.74, 6) is 1.67. The maximum atomic E-state index is 6.12. The van der Waals surface area contributed by atoms with E-state index in [2.05, 4.69) is 16.2 Å². The van der Waals surface area contributed by atoms with Crippen molar-refractivity contribution in [2.24, 2.45) is 18.9 Å². The number of fused-ring (bicyclic) bond motifs is 2. The van der Waals surface area contributed by atoms with Gasteiger partial charge in [-0.2, -0.15) is 5.10 Å². The van der Waals surface area contributed by atoms with Crippen molar-refractivity contribution in [2.75, 3.05) is 13.2 Å². The summed E-state index contributed by atoms with van der Waals surface area (Å²) >= 11 is 0. The highest BCUT2D eigenvalue weighted by atomic mass is 16.5. The van der Waals surface area contributed by atoms with Crippen LogP contribution in [-0.4, -0.2) is 40.0 Å². The average Bonchev–Trinajstić information content (AvgIpc) is 2.82. The maximum absolute atomic E-state index is 6.12. The van der Waals surface area contributed by atoms with Crippen molar-refractivity contribution in [2.45, 2.75) is 44.4 Å². The summed E-state index contributed by atoms with van der Waals surface area (Å²) in [5, 5.41) is 4.26. The lowest BCUT2D eigenvalue weighted by molar-refractivity contribution is -0.00661. The van der Waals surface area contributed by atoms with Crippen LogP contribution in [0.4, 0.5) is 0 Å². The van der Waals surface area contributed by atoms with E-state index in [1.807, 2.05) is 17.9 Å². The molecule has 4 heteroatoms. The molecular weight excluding hydrogens is 238 g/mol. The molecule has 0 unspecified atom stereocenters. The van der Waals surface area contributed by atoms with Crippen molar-refractivity contribution in [3.05, 3.63) is 18.0 Å². The highest BCUT2D eigenvalue weighted by molar-refractivity contribution is 5.07. The Morgan fingerprint density at radius 2 is 2.26 bits per heavy atom. The van der Waals surface area contributed by atoms with E-state index < -0.39 is 0 Å². The van der Waals surface area contributed by atoms with Gasteiger partial charge < -0.3 is 4.74 Å². The van der Waals surface area contributed by atoms with Crippen molar-refractivity contribution < 1.29 is 4.74 Å². The van der Waals surface area contributed by atoms with Gasteiger partial charge in [0.1, 0.15) is 0 Å². The van der Waals surface area contributed by atoms with Crippen molar-refractivity contribution in [1.82, 2.24) is 14.7 Å². The van der Waals surface area contributed by atoms with E-state index in [1.165, 1.54) is 37.8 Å². The molecule has 1 saturated heterocycles. The molecule has 0 spiro atoms. The molecule has 1 aromatic heterocycles. The molecule has 4 nitrogen and oxygen atoms in total. The Bertz CT molecular complexity index is 454. The summed E-state index contributed by atoms with van der Waals surface area (Å²) in [4.78, 5) is 2.62. The average molecular weight is 261 g/mol. The fourth-order valence-corrected chi connectivity index (χ4v) is 3.73. The van der Waals surface area contributed by atoms with Gasteiger partial charge in [0, 0.05) is 44.5 Å². The lowest BCUT2D eigenvalue weighted by Gasteiger charge is -2.31. The Hall–Kier alpha value is -0.870. The zero-order valence-corrected chi connectivity index (χ0v) is 11.7. The molecule has 3 aliphatic rings. The predicted molar refractivity (Wildman–Crippen MR) is 72.6 cm³/mol. The molecule has 0 amide bonds. The van der Waals surface area contributed by atoms with Crippen LogP contribution in [-0.2, 0) is 18.3 Å². The number of ether oxygens (including phenoxy) is 1. The number of nitrogens with zero attached hydrogens (tertiary/aromatic N) is 3. The quantitative estimate of drug-likeness (QED) is 0.810. The molecule has 1 aromatic rings. The molecular formula is C15H23N3O. The Morgan fingerprint density at radius 1 is 1.37 bits per heavy atom. The maximum Gasteiger partial charge on any atom is 0.0631 e. The van der Waals surface area contributed by atoms with Crippen molar-refractivity contribution in [1.29, 1.82) is 0 Å². The van der Waals surface area contributed by atoms with Gasteiger partial charge in [0.05, 0.1) is 12.3 Å². The third-order valence-electron chi connectivity index (χ3n) is 4.98. The minimum Gasteiger partial charge on any atom is -0.378 e. The number of aromatic nitrogens is 2. The summed E-state index contributed by atoms with van der Waals surface area (Å²) < 4.78 is 8.01. The van der Waals surface area contributed by atoms with E-state index in [0.717, 1.165) is 31.0 Å². The molecule has 19 heavy (non-hydrogen) atoms. The number of likely N-dealkylation sites (tertiary alicyclic amines) is 1. The van der Waals surface area contributed by atoms with Gasteiger partial charge in [0.2, 0.25) is 0 Å². The van der Waals surface area contributed by atoms with Crippen molar-refractivity contribution in [3.63, 3.8) is 0 Å². The van der Waals surface area contributed by atoms with Crippen LogP contribution < -0.4 is 0 Å². The van der Waals surface area contributed by atoms with E-state index in [4.69, 9.17) is 4.74 Å². The first-order chi connectivity index (χ1) is 9.28. The smallest absolute Gasteiger partial charge is 0.0631 e. The van der Waals surface area contributed by atoms with E-state index in [-0.39, 0.29) is 0 Å². The van der Waals surface area contributed by atoms with Gasteiger partial charge in [0.25, 0.3) is 0 Å². The minimum absolute atomic E-state index is 0.552. The second kappa shape index (κ2) is 4.60. The van der Waals surface area contributed by atoms with E-state index >= 15 is 0 Å². The summed E-state index contributed by atoms with van der Waals surface area (Å²) in [5.41, 5.74) is 1.34. The van der Waals surface area contributed by atoms with Crippen molar-refractivity contribution >= 4 is 0 Å². The minimum atomic E-state index is 0.552. The summed E-state index contributed by atoms with van der Waals surface area (Å²) in [6, 6.07) is 0.745. The predicted octanol–water partition coefficient (Wildman–Crippen LogP) is 1.81. The van der Waals surface area contributed by atoms with Crippen LogP contribution in [0.1, 0.15) is 31.2 Å². The lowest BCUT2D eigenvalue weighted by atomic mass is 10.1. The molecule has 0 aromatic carbocycles. The number of aryl methyl sites for hydroxylation is 1. The fraction of sp³-hybridized carbons (Fsp3) is 0.800. The topological polar surface area (TPSA) is 30.3 Å². The first kappa shape index (κ1) is 11.9. The molecule has 1 aliphatic heterocycles. The monoisotopic (exact) mass is 261 g/mol. The number of hydrogen-bond acceptors (Lipinski definition) is 3. The van der Waals surface area contributed by atoms with E-state index in [0.29, 0.717) is 6.10 Å². The molecule has 0 N–H and O–H groups in total. The zero-order chi connectivity index (χ0) is 12.8. The Labute approximate surface area is 114 Å². The highest BCUT2D eigenvalue weighted by Gasteiger charge is 2.45. The van der Waals surface area contributed by atoms with E-state index in [1.54, 1.807) is 0 Å². The Balaban J connectivity index is 1.31. The van der Waals surface area contributed by atoms with Gasteiger partial charge in [-0.15, -0.1) is 0 Å². The highest BCUT2D eigenvalue weighted by Crippen LogP contribution is 2.41. The zero-order valence-electron chi connectivity index (χ0n) is 11.7. The molecule has 0 radical (unpaired) electrons. The van der Waals surface area contributed by atoms with Crippen LogP contribution in [0.15, 0.2) is 12.4 Å². The molecule has 2 bridgehead atoms. The number of rotatable bonds is 5. The first-order valence-electron chi connectivity index (χ1n) is 7.61. The fourth-order valence-electron chi connectivity index (χ4n) is 3.73. The first-order valence-corrected chi connectivity index (χ1v) is 7.61. The van der Waals surface area contributed by atoms with Crippen LogP contribution in [0.25, 0.3) is 0 Å². The van der Waals surface area contributed by atoms with Gasteiger partial charge in [-0.05, 0) is 37.5 Å². The molecule has 2 heterocycles. The SMILES string of the molecule is Cn1cc(CN2C[C@H]3C[C@H]2C[C@@H]3OCC2CC2)cn1. The van der Waals surface area contributed by atoms with Gasteiger partial charge in [-0.25, -0.2) is 0 Å². The summed E-state index contributed by atoms with van der Waals surface area (Å²) in [6.45, 7) is 3.30. The molecule has 2 saturated carbocycles. The number of piperidine rings is 1. The molecule has 3 atom stereocenters. The van der Waals surface area contributed by atoms with Gasteiger partial charge >= 0.3 is 0 Å². The Morgan fingerprint density at radius 3 is 2.89 bits per heavy atom. The third-order valence-corrected chi connectivity index (χ3v) is 4.98. The van der Waals surface area contributed by atoms with Crippen LogP contribution in [0.5, 0.6) is 0 Å². The lowest BCUT2D eigenvalue weighted by Crippen LogP contribution is -2.38. The second-order valence-corrected chi connectivity index (χ2v) is 6.65. The van der Waals surface area contributed by atoms with Crippen LogP contribution in [0.2, 0.25) is 0 Å². The molecule has 4 rings (SSSR count). The standard InChI is InChI=1S/C15H23N3O/c1-17-7-12(6-16-17)8-18-9-13-4-14(18)5-15(13)19-10-11-2-3-11/h6-7,11,13-15H,2-5,8-10H2,1H3/t13-,14+,15+/m1/s1.